The van der Waals surface area contributed by atoms with Crippen LogP contribution in [0.4, 0.5) is 5.69 Å². The number of carbonyl (C=O) groups is 1. The smallest absolute Gasteiger partial charge is 0.344 e. The highest BCUT2D eigenvalue weighted by Gasteiger charge is 2.20. The Kier molecular flexibility index (Phi) is 5.41. The highest BCUT2D eigenvalue weighted by Crippen LogP contribution is 2.26. The molecule has 0 saturated heterocycles. The normalized spacial score (nSPS) is 11.6. The Labute approximate surface area is 153 Å². The van der Waals surface area contributed by atoms with E-state index in [1.165, 1.54) is 18.2 Å². The van der Waals surface area contributed by atoms with Gasteiger partial charge in [0.05, 0.1) is 4.92 Å². The zero-order valence-electron chi connectivity index (χ0n) is 14.3. The molecule has 2 aromatic carbocycles. The zero-order valence-corrected chi connectivity index (χ0v) is 14.3. The number of nitro groups is 1. The van der Waals surface area contributed by atoms with Crippen LogP contribution in [0.25, 0.3) is 11.5 Å². The lowest BCUT2D eigenvalue weighted by atomic mass is 10.2. The van der Waals surface area contributed by atoms with Crippen LogP contribution in [-0.2, 0) is 9.53 Å². The molecule has 1 aromatic heterocycles. The van der Waals surface area contributed by atoms with Gasteiger partial charge >= 0.3 is 11.7 Å². The summed E-state index contributed by atoms with van der Waals surface area (Å²) in [6, 6.07) is 14.9. The summed E-state index contributed by atoms with van der Waals surface area (Å²) >= 11 is 0. The van der Waals surface area contributed by atoms with Crippen LogP contribution < -0.4 is 4.74 Å². The number of hydrogen-bond donors (Lipinski definition) is 0. The Balaban J connectivity index is 1.59. The van der Waals surface area contributed by atoms with Gasteiger partial charge in [0.15, 0.2) is 18.5 Å². The average Bonchev–Trinajstić information content (AvgIpc) is 3.17. The Morgan fingerprint density at radius 3 is 2.59 bits per heavy atom. The Bertz CT molecular complexity index is 941. The number of nitrogens with zero attached hydrogens (tertiary/aromatic N) is 3. The number of esters is 1. The molecule has 3 rings (SSSR count). The number of para-hydroxylation sites is 2. The molecule has 9 heteroatoms. The number of nitro benzene ring substituents is 1. The third-order valence-electron chi connectivity index (χ3n) is 3.52. The minimum absolute atomic E-state index is 0.0174. The molecule has 0 saturated carbocycles. The summed E-state index contributed by atoms with van der Waals surface area (Å²) in [6.07, 6.45) is -0.795. The van der Waals surface area contributed by atoms with Gasteiger partial charge in [0.2, 0.25) is 5.89 Å². The van der Waals surface area contributed by atoms with Crippen molar-refractivity contribution in [2.24, 2.45) is 0 Å². The van der Waals surface area contributed by atoms with E-state index in [4.69, 9.17) is 13.9 Å². The zero-order chi connectivity index (χ0) is 19.2. The molecule has 1 atom stereocenters. The van der Waals surface area contributed by atoms with Crippen molar-refractivity contribution in [2.75, 3.05) is 6.61 Å². The second kappa shape index (κ2) is 8.09. The molecule has 3 aromatic rings. The molecule has 0 aliphatic rings. The largest absolute Gasteiger partial charge is 0.475 e. The molecular weight excluding hydrogens is 354 g/mol. The van der Waals surface area contributed by atoms with Gasteiger partial charge in [-0.1, -0.05) is 30.3 Å². The summed E-state index contributed by atoms with van der Waals surface area (Å²) in [5, 5.41) is 18.7. The summed E-state index contributed by atoms with van der Waals surface area (Å²) in [5.41, 5.74) is 0.511. The summed E-state index contributed by atoms with van der Waals surface area (Å²) in [7, 11) is 0. The fraction of sp³-hybridized carbons (Fsp3) is 0.167. The van der Waals surface area contributed by atoms with E-state index in [1.807, 2.05) is 30.3 Å². The average molecular weight is 369 g/mol. The van der Waals surface area contributed by atoms with E-state index < -0.39 is 23.6 Å². The number of ether oxygens (including phenoxy) is 2. The maximum atomic E-state index is 12.0. The number of rotatable bonds is 7. The summed E-state index contributed by atoms with van der Waals surface area (Å²) in [5.74, 6) is -0.297. The van der Waals surface area contributed by atoms with Crippen LogP contribution >= 0.6 is 0 Å². The molecule has 9 nitrogen and oxygen atoms in total. The molecule has 138 valence electrons. The number of benzene rings is 2. The number of aromatic nitrogens is 2. The third kappa shape index (κ3) is 4.46. The van der Waals surface area contributed by atoms with Gasteiger partial charge in [0.25, 0.3) is 5.89 Å². The highest BCUT2D eigenvalue weighted by atomic mass is 16.6. The van der Waals surface area contributed by atoms with Gasteiger partial charge in [0.1, 0.15) is 0 Å². The monoisotopic (exact) mass is 369 g/mol. The van der Waals surface area contributed by atoms with E-state index >= 15 is 0 Å². The van der Waals surface area contributed by atoms with E-state index in [0.717, 1.165) is 5.56 Å². The van der Waals surface area contributed by atoms with Crippen LogP contribution in [0.2, 0.25) is 0 Å². The first-order valence-electron chi connectivity index (χ1n) is 7.99. The maximum Gasteiger partial charge on any atom is 0.344 e. The van der Waals surface area contributed by atoms with Crippen LogP contribution in [0.3, 0.4) is 0 Å². The molecule has 0 amide bonds. The topological polar surface area (TPSA) is 118 Å². The molecule has 0 bridgehead atoms. The van der Waals surface area contributed by atoms with E-state index in [9.17, 15) is 14.9 Å². The summed E-state index contributed by atoms with van der Waals surface area (Å²) in [6.45, 7) is 1.08. The van der Waals surface area contributed by atoms with E-state index in [1.54, 1.807) is 13.0 Å². The van der Waals surface area contributed by atoms with Gasteiger partial charge in [0, 0.05) is 11.6 Å². The van der Waals surface area contributed by atoms with Gasteiger partial charge < -0.3 is 13.9 Å². The van der Waals surface area contributed by atoms with Gasteiger partial charge in [-0.2, -0.15) is 0 Å². The van der Waals surface area contributed by atoms with Gasteiger partial charge in [-0.3, -0.25) is 10.1 Å². The van der Waals surface area contributed by atoms with Crippen molar-refractivity contribution in [3.05, 3.63) is 70.6 Å². The molecule has 0 aliphatic carbocycles. The second-order valence-electron chi connectivity index (χ2n) is 5.46. The van der Waals surface area contributed by atoms with Crippen molar-refractivity contribution in [3.8, 4) is 17.2 Å². The molecule has 0 radical (unpaired) electrons. The number of carbonyl (C=O) groups excluding carboxylic acids is 1. The fourth-order valence-corrected chi connectivity index (χ4v) is 2.24. The van der Waals surface area contributed by atoms with E-state index in [2.05, 4.69) is 10.2 Å². The first kappa shape index (κ1) is 18.1. The van der Waals surface area contributed by atoms with Crippen molar-refractivity contribution < 1.29 is 23.6 Å². The molecule has 0 fully saturated rings. The highest BCUT2D eigenvalue weighted by molar-refractivity contribution is 5.71. The Hall–Kier alpha value is -3.75. The molecule has 0 spiro atoms. The van der Waals surface area contributed by atoms with Crippen LogP contribution in [0, 0.1) is 10.1 Å². The van der Waals surface area contributed by atoms with Gasteiger partial charge in [-0.25, -0.2) is 4.79 Å². The summed E-state index contributed by atoms with van der Waals surface area (Å²) < 4.78 is 15.9. The molecule has 1 heterocycles. The van der Waals surface area contributed by atoms with Crippen molar-refractivity contribution in [1.29, 1.82) is 0 Å². The quantitative estimate of drug-likeness (QED) is 0.353. The maximum absolute atomic E-state index is 12.0. The number of hydrogen-bond acceptors (Lipinski definition) is 8. The van der Waals surface area contributed by atoms with Crippen molar-refractivity contribution in [3.63, 3.8) is 0 Å². The molecule has 0 N–H and O–H groups in total. The Morgan fingerprint density at radius 1 is 1.15 bits per heavy atom. The van der Waals surface area contributed by atoms with Crippen molar-refractivity contribution in [2.45, 2.75) is 13.0 Å². The SMILES string of the molecule is C[C@@H](OC(=O)COc1ccccc1[N+](=O)[O-])c1nnc(-c2ccccc2)o1. The summed E-state index contributed by atoms with van der Waals surface area (Å²) in [4.78, 5) is 22.3. The predicted octanol–water partition coefficient (Wildman–Crippen LogP) is 3.33. The standard InChI is InChI=1S/C18H15N3O6/c1-12(17-19-20-18(27-17)13-7-3-2-4-8-13)26-16(22)11-25-15-10-6-5-9-14(15)21(23)24/h2-10,12H,11H2,1H3/t12-/m1/s1. The molecular formula is C18H15N3O6. The minimum atomic E-state index is -0.795. The van der Waals surface area contributed by atoms with E-state index in [0.29, 0.717) is 5.89 Å². The van der Waals surface area contributed by atoms with Gasteiger partial charge in [-0.15, -0.1) is 10.2 Å². The van der Waals surface area contributed by atoms with Crippen molar-refractivity contribution in [1.82, 2.24) is 10.2 Å². The predicted molar refractivity (Wildman–Crippen MR) is 92.8 cm³/mol. The van der Waals surface area contributed by atoms with Crippen molar-refractivity contribution >= 4 is 11.7 Å². The van der Waals surface area contributed by atoms with Crippen LogP contribution in [0.15, 0.2) is 59.0 Å². The van der Waals surface area contributed by atoms with Crippen LogP contribution in [-0.4, -0.2) is 27.7 Å². The molecule has 0 unspecified atom stereocenters. The third-order valence-corrected chi connectivity index (χ3v) is 3.52. The fourth-order valence-electron chi connectivity index (χ4n) is 2.24. The molecule has 0 aliphatic heterocycles. The lowest BCUT2D eigenvalue weighted by molar-refractivity contribution is -0.385. The van der Waals surface area contributed by atoms with Crippen LogP contribution in [0.5, 0.6) is 5.75 Å². The lowest BCUT2D eigenvalue weighted by Crippen LogP contribution is -2.17. The van der Waals surface area contributed by atoms with Gasteiger partial charge in [-0.05, 0) is 25.1 Å². The second-order valence-corrected chi connectivity index (χ2v) is 5.46. The first-order valence-corrected chi connectivity index (χ1v) is 7.99. The first-order chi connectivity index (χ1) is 13.0. The lowest BCUT2D eigenvalue weighted by Gasteiger charge is -2.10. The Morgan fingerprint density at radius 2 is 1.85 bits per heavy atom. The van der Waals surface area contributed by atoms with Crippen LogP contribution in [0.1, 0.15) is 18.9 Å². The molecule has 27 heavy (non-hydrogen) atoms. The van der Waals surface area contributed by atoms with E-state index in [-0.39, 0.29) is 17.3 Å². The minimum Gasteiger partial charge on any atom is -0.475 e.